The van der Waals surface area contributed by atoms with Crippen LogP contribution in [-0.2, 0) is 10.5 Å². The molecule has 0 bridgehead atoms. The van der Waals surface area contributed by atoms with Gasteiger partial charge < -0.3 is 19.3 Å². The fourth-order valence-electron chi connectivity index (χ4n) is 4.17. The van der Waals surface area contributed by atoms with Gasteiger partial charge in [0.1, 0.15) is 5.75 Å². The van der Waals surface area contributed by atoms with Gasteiger partial charge in [-0.1, -0.05) is 18.2 Å². The molecule has 2 atom stereocenters. The van der Waals surface area contributed by atoms with E-state index in [0.29, 0.717) is 40.0 Å². The highest BCUT2D eigenvalue weighted by atomic mass is 32.2. The lowest BCUT2D eigenvalue weighted by molar-refractivity contribution is -0.149. The minimum Gasteiger partial charge on any atom is -0.497 e. The summed E-state index contributed by atoms with van der Waals surface area (Å²) in [6, 6.07) is 14.8. The highest BCUT2D eigenvalue weighted by Crippen LogP contribution is 2.52. The van der Waals surface area contributed by atoms with Crippen LogP contribution in [0.25, 0.3) is 0 Å². The first-order valence-corrected chi connectivity index (χ1v) is 11.2. The first-order chi connectivity index (χ1) is 15.5. The first-order valence-electron chi connectivity index (χ1n) is 10.2. The molecule has 7 nitrogen and oxygen atoms in total. The van der Waals surface area contributed by atoms with E-state index in [1.807, 2.05) is 19.1 Å². The summed E-state index contributed by atoms with van der Waals surface area (Å²) in [5.41, 5.74) is 0.250. The number of allylic oxidation sites excluding steroid dienone is 1. The molecule has 2 unspecified atom stereocenters. The van der Waals surface area contributed by atoms with Crippen LogP contribution in [-0.4, -0.2) is 42.5 Å². The lowest BCUT2D eigenvalue weighted by Gasteiger charge is -2.38. The molecule has 1 fully saturated rings. The molecular formula is C24H24N2O5S. The van der Waals surface area contributed by atoms with Crippen molar-refractivity contribution in [3.63, 3.8) is 0 Å². The van der Waals surface area contributed by atoms with Crippen LogP contribution in [0.5, 0.6) is 17.2 Å². The van der Waals surface area contributed by atoms with Gasteiger partial charge in [-0.3, -0.25) is 9.69 Å². The predicted octanol–water partition coefficient (Wildman–Crippen LogP) is 3.75. The molecule has 4 rings (SSSR count). The molecule has 0 radical (unpaired) electrons. The molecule has 8 heteroatoms. The average molecular weight is 453 g/mol. The number of methoxy groups -OCH3 is 2. The van der Waals surface area contributed by atoms with Crippen molar-refractivity contribution >= 4 is 17.7 Å². The Labute approximate surface area is 191 Å². The highest BCUT2D eigenvalue weighted by Gasteiger charge is 2.52. The maximum absolute atomic E-state index is 13.3. The monoisotopic (exact) mass is 452 g/mol. The smallest absolute Gasteiger partial charge is 0.231 e. The fourth-order valence-corrected chi connectivity index (χ4v) is 5.53. The molecule has 1 saturated heterocycles. The van der Waals surface area contributed by atoms with Gasteiger partial charge in [0.15, 0.2) is 17.2 Å². The number of carbonyl (C=O) groups is 1. The third-order valence-electron chi connectivity index (χ3n) is 5.73. The van der Waals surface area contributed by atoms with Gasteiger partial charge >= 0.3 is 0 Å². The van der Waals surface area contributed by atoms with E-state index in [-0.39, 0.29) is 18.1 Å². The Morgan fingerprint density at radius 2 is 2.03 bits per heavy atom. The summed E-state index contributed by atoms with van der Waals surface area (Å²) in [7, 11) is 3.10. The molecule has 0 aliphatic carbocycles. The molecule has 0 aromatic heterocycles. The standard InChI is InChI=1S/C24H24N2O5S/c1-4-31-20-9-8-15(10-21(20)30-3)18-12-22(27)26-23(19(18)13-25)32-14-24(26,28)16-6-5-7-17(11-16)29-2/h5-11,18,28H,4,12,14H2,1-3H3. The van der Waals surface area contributed by atoms with Gasteiger partial charge in [0.25, 0.3) is 0 Å². The van der Waals surface area contributed by atoms with Gasteiger partial charge in [-0.25, -0.2) is 0 Å². The number of fused-ring (bicyclic) bond motifs is 1. The third-order valence-corrected chi connectivity index (χ3v) is 6.96. The van der Waals surface area contributed by atoms with Gasteiger partial charge in [-0.05, 0) is 36.8 Å². The molecule has 166 valence electrons. The summed E-state index contributed by atoms with van der Waals surface area (Å²) in [5.74, 6) is 1.30. The quantitative estimate of drug-likeness (QED) is 0.714. The number of hydrogen-bond donors (Lipinski definition) is 1. The van der Waals surface area contributed by atoms with E-state index >= 15 is 0 Å². The normalized spacial score (nSPS) is 22.4. The van der Waals surface area contributed by atoms with E-state index in [4.69, 9.17) is 14.2 Å². The molecular weight excluding hydrogens is 428 g/mol. The van der Waals surface area contributed by atoms with Crippen molar-refractivity contribution in [1.82, 2.24) is 4.90 Å². The molecule has 32 heavy (non-hydrogen) atoms. The molecule has 0 spiro atoms. The van der Waals surface area contributed by atoms with Gasteiger partial charge in [0, 0.05) is 17.9 Å². The van der Waals surface area contributed by atoms with Gasteiger partial charge in [0.2, 0.25) is 5.91 Å². The summed E-state index contributed by atoms with van der Waals surface area (Å²) in [6.45, 7) is 2.39. The van der Waals surface area contributed by atoms with Crippen LogP contribution in [0.3, 0.4) is 0 Å². The lowest BCUT2D eigenvalue weighted by Crippen LogP contribution is -2.48. The number of carbonyl (C=O) groups excluding carboxylic acids is 1. The zero-order valence-electron chi connectivity index (χ0n) is 18.1. The second-order valence-electron chi connectivity index (χ2n) is 7.50. The summed E-state index contributed by atoms with van der Waals surface area (Å²) in [4.78, 5) is 14.7. The third kappa shape index (κ3) is 3.57. The largest absolute Gasteiger partial charge is 0.497 e. The maximum atomic E-state index is 13.3. The van der Waals surface area contributed by atoms with E-state index in [1.54, 1.807) is 44.6 Å². The van der Waals surface area contributed by atoms with E-state index in [0.717, 1.165) is 5.56 Å². The van der Waals surface area contributed by atoms with E-state index < -0.39 is 11.6 Å². The minimum absolute atomic E-state index is 0.0658. The van der Waals surface area contributed by atoms with E-state index in [9.17, 15) is 15.2 Å². The molecule has 2 aromatic rings. The highest BCUT2D eigenvalue weighted by molar-refractivity contribution is 8.03. The van der Waals surface area contributed by atoms with Gasteiger partial charge in [-0.2, -0.15) is 5.26 Å². The van der Waals surface area contributed by atoms with Crippen LogP contribution in [0.15, 0.2) is 53.1 Å². The van der Waals surface area contributed by atoms with Gasteiger partial charge in [-0.15, -0.1) is 11.8 Å². The average Bonchev–Trinajstić information content (AvgIpc) is 3.18. The summed E-state index contributed by atoms with van der Waals surface area (Å²) < 4.78 is 16.3. The second-order valence-corrected chi connectivity index (χ2v) is 8.46. The van der Waals surface area contributed by atoms with Crippen molar-refractivity contribution in [3.8, 4) is 23.3 Å². The Morgan fingerprint density at radius 3 is 2.72 bits per heavy atom. The Bertz CT molecular complexity index is 1130. The van der Waals surface area contributed by atoms with Crippen molar-refractivity contribution < 1.29 is 24.1 Å². The molecule has 2 aliphatic heterocycles. The zero-order valence-corrected chi connectivity index (χ0v) is 18.9. The Kier molecular flexibility index (Phi) is 6.04. The molecule has 1 amide bonds. The number of hydrogen-bond acceptors (Lipinski definition) is 7. The van der Waals surface area contributed by atoms with Crippen LogP contribution < -0.4 is 14.2 Å². The Morgan fingerprint density at radius 1 is 1.22 bits per heavy atom. The van der Waals surface area contributed by atoms with Crippen molar-refractivity contribution in [1.29, 1.82) is 5.26 Å². The van der Waals surface area contributed by atoms with Crippen LogP contribution >= 0.6 is 11.8 Å². The summed E-state index contributed by atoms with van der Waals surface area (Å²) >= 11 is 1.31. The van der Waals surface area contributed by atoms with Crippen molar-refractivity contribution in [2.75, 3.05) is 26.6 Å². The van der Waals surface area contributed by atoms with E-state index in [1.165, 1.54) is 16.7 Å². The number of aliphatic hydroxyl groups is 1. The molecule has 2 heterocycles. The van der Waals surface area contributed by atoms with Crippen LogP contribution in [0, 0.1) is 11.3 Å². The molecule has 0 saturated carbocycles. The zero-order chi connectivity index (χ0) is 22.9. The number of ether oxygens (including phenoxy) is 3. The molecule has 2 aromatic carbocycles. The number of benzene rings is 2. The molecule has 1 N–H and O–H groups in total. The fraction of sp³-hybridized carbons (Fsp3) is 0.333. The van der Waals surface area contributed by atoms with Crippen molar-refractivity contribution in [2.24, 2.45) is 0 Å². The minimum atomic E-state index is -1.55. The number of thioether (sulfide) groups is 1. The van der Waals surface area contributed by atoms with Crippen LogP contribution in [0.2, 0.25) is 0 Å². The van der Waals surface area contributed by atoms with E-state index in [2.05, 4.69) is 6.07 Å². The maximum Gasteiger partial charge on any atom is 0.231 e. The second kappa shape index (κ2) is 8.77. The topological polar surface area (TPSA) is 92.0 Å². The Hall–Kier alpha value is -3.15. The van der Waals surface area contributed by atoms with Crippen LogP contribution in [0.4, 0.5) is 0 Å². The summed E-state index contributed by atoms with van der Waals surface area (Å²) in [6.07, 6.45) is 0.0658. The number of amides is 1. The van der Waals surface area contributed by atoms with Crippen molar-refractivity contribution in [3.05, 3.63) is 64.2 Å². The van der Waals surface area contributed by atoms with Crippen molar-refractivity contribution in [2.45, 2.75) is 25.0 Å². The number of rotatable bonds is 6. The number of nitriles is 1. The number of nitrogens with zero attached hydrogens (tertiary/aromatic N) is 2. The lowest BCUT2D eigenvalue weighted by atomic mass is 9.85. The van der Waals surface area contributed by atoms with Crippen LogP contribution in [0.1, 0.15) is 30.4 Å². The first kappa shape index (κ1) is 22.1. The van der Waals surface area contributed by atoms with Gasteiger partial charge in [0.05, 0.1) is 43.3 Å². The molecule has 2 aliphatic rings. The Balaban J connectivity index is 1.76. The SMILES string of the molecule is CCOc1ccc(C2CC(=O)N3C(=C2C#N)SCC3(O)c2cccc(OC)c2)cc1OC. The summed E-state index contributed by atoms with van der Waals surface area (Å²) in [5, 5.41) is 22.1. The predicted molar refractivity (Wildman–Crippen MR) is 120 cm³/mol.